The van der Waals surface area contributed by atoms with Gasteiger partial charge in [-0.25, -0.2) is 0 Å². The summed E-state index contributed by atoms with van der Waals surface area (Å²) in [5.41, 5.74) is 0.570. The Morgan fingerprint density at radius 2 is 1.48 bits per heavy atom. The lowest BCUT2D eigenvalue weighted by atomic mass is 9.85. The van der Waals surface area contributed by atoms with Crippen molar-refractivity contribution in [3.05, 3.63) is 66.7 Å². The molecule has 0 spiro atoms. The minimum Gasteiger partial charge on any atom is -0.457 e. The Balaban J connectivity index is 1.40. The van der Waals surface area contributed by atoms with Gasteiger partial charge in [-0.3, -0.25) is 19.3 Å². The molecule has 3 atom stereocenters. The van der Waals surface area contributed by atoms with Crippen molar-refractivity contribution in [2.45, 2.75) is 25.8 Å². The van der Waals surface area contributed by atoms with Crippen LogP contribution in [0, 0.1) is 11.8 Å². The molecule has 148 valence electrons. The molecule has 1 heterocycles. The number of hydrogen-bond acceptors (Lipinski definition) is 4. The van der Waals surface area contributed by atoms with Gasteiger partial charge < -0.3 is 10.1 Å². The first kappa shape index (κ1) is 18.9. The molecule has 0 radical (unpaired) electrons. The average Bonchev–Trinajstić information content (AvgIpc) is 3.00. The molecule has 1 aliphatic heterocycles. The van der Waals surface area contributed by atoms with Crippen molar-refractivity contribution in [2.24, 2.45) is 11.8 Å². The van der Waals surface area contributed by atoms with E-state index in [-0.39, 0.29) is 23.7 Å². The fourth-order valence-electron chi connectivity index (χ4n) is 3.80. The number of nitrogens with one attached hydrogen (secondary N) is 1. The number of benzene rings is 2. The molecule has 4 rings (SSSR count). The molecule has 1 saturated heterocycles. The van der Waals surface area contributed by atoms with Crippen molar-refractivity contribution < 1.29 is 19.1 Å². The molecule has 3 amide bonds. The molecule has 29 heavy (non-hydrogen) atoms. The maximum Gasteiger partial charge on any atom is 0.247 e. The van der Waals surface area contributed by atoms with E-state index < -0.39 is 11.9 Å². The second kappa shape index (κ2) is 7.91. The van der Waals surface area contributed by atoms with Gasteiger partial charge in [0.15, 0.2) is 0 Å². The van der Waals surface area contributed by atoms with Gasteiger partial charge in [-0.1, -0.05) is 30.4 Å². The van der Waals surface area contributed by atoms with Gasteiger partial charge in [-0.05, 0) is 56.2 Å². The standard InChI is InChI=1S/C23H22N2O4/c1-15(25-22(27)19-9-5-6-10-20(19)23(25)28)21(26)24-16-11-13-18(14-12-16)29-17-7-3-2-4-8-17/h2-8,11-15,19-20H,9-10H2,1H3,(H,24,26)/t15-,19-,20-/m0/s1. The number of hydrogen-bond donors (Lipinski definition) is 1. The highest BCUT2D eigenvalue weighted by Gasteiger charge is 2.50. The largest absolute Gasteiger partial charge is 0.457 e. The van der Waals surface area contributed by atoms with Crippen LogP contribution in [0.5, 0.6) is 11.5 Å². The van der Waals surface area contributed by atoms with Gasteiger partial charge >= 0.3 is 0 Å². The number of likely N-dealkylation sites (tertiary alicyclic amines) is 1. The lowest BCUT2D eigenvalue weighted by Gasteiger charge is -2.22. The summed E-state index contributed by atoms with van der Waals surface area (Å²) in [5.74, 6) is -0.203. The minimum absolute atomic E-state index is 0.251. The van der Waals surface area contributed by atoms with Crippen LogP contribution in [0.4, 0.5) is 5.69 Å². The number of rotatable bonds is 5. The number of para-hydroxylation sites is 1. The highest BCUT2D eigenvalue weighted by atomic mass is 16.5. The molecule has 0 unspecified atom stereocenters. The summed E-state index contributed by atoms with van der Waals surface area (Å²) < 4.78 is 5.73. The maximum absolute atomic E-state index is 12.7. The van der Waals surface area contributed by atoms with E-state index in [4.69, 9.17) is 4.74 Å². The number of amides is 3. The smallest absolute Gasteiger partial charge is 0.247 e. The molecule has 2 aromatic rings. The van der Waals surface area contributed by atoms with E-state index in [1.807, 2.05) is 42.5 Å². The van der Waals surface area contributed by atoms with Crippen molar-refractivity contribution in [1.29, 1.82) is 0 Å². The number of imide groups is 1. The van der Waals surface area contributed by atoms with Gasteiger partial charge in [0.2, 0.25) is 17.7 Å². The van der Waals surface area contributed by atoms with Crippen molar-refractivity contribution in [1.82, 2.24) is 4.90 Å². The highest BCUT2D eigenvalue weighted by molar-refractivity contribution is 6.10. The third kappa shape index (κ3) is 3.78. The fraction of sp³-hybridized carbons (Fsp3) is 0.261. The van der Waals surface area contributed by atoms with Crippen molar-refractivity contribution in [3.63, 3.8) is 0 Å². The van der Waals surface area contributed by atoms with E-state index in [0.29, 0.717) is 24.3 Å². The molecule has 1 aliphatic carbocycles. The van der Waals surface area contributed by atoms with Crippen molar-refractivity contribution in [3.8, 4) is 11.5 Å². The molecule has 0 aromatic heterocycles. The van der Waals surface area contributed by atoms with Crippen LogP contribution in [0.1, 0.15) is 19.8 Å². The van der Waals surface area contributed by atoms with Crippen molar-refractivity contribution >= 4 is 23.4 Å². The SMILES string of the molecule is C[C@@H](C(=O)Nc1ccc(Oc2ccccc2)cc1)N1C(=O)[C@H]2CC=CC[C@@H]2C1=O. The average molecular weight is 390 g/mol. The van der Waals surface area contributed by atoms with Gasteiger partial charge in [-0.2, -0.15) is 0 Å². The van der Waals surface area contributed by atoms with Crippen LogP contribution < -0.4 is 10.1 Å². The van der Waals surface area contributed by atoms with E-state index in [0.717, 1.165) is 10.6 Å². The van der Waals surface area contributed by atoms with Crippen LogP contribution in [0.25, 0.3) is 0 Å². The molecule has 6 heteroatoms. The molecule has 6 nitrogen and oxygen atoms in total. The third-order valence-electron chi connectivity index (χ3n) is 5.41. The van der Waals surface area contributed by atoms with E-state index in [9.17, 15) is 14.4 Å². The number of ether oxygens (including phenoxy) is 1. The second-order valence-corrected chi connectivity index (χ2v) is 7.31. The molecule has 2 aliphatic rings. The summed E-state index contributed by atoms with van der Waals surface area (Å²) in [6, 6.07) is 15.5. The molecule has 0 bridgehead atoms. The zero-order valence-corrected chi connectivity index (χ0v) is 16.1. The molecule has 2 aromatic carbocycles. The van der Waals surface area contributed by atoms with Gasteiger partial charge in [0.25, 0.3) is 0 Å². The molecule has 1 N–H and O–H groups in total. The Kier molecular flexibility index (Phi) is 5.16. The van der Waals surface area contributed by atoms with Crippen LogP contribution >= 0.6 is 0 Å². The zero-order chi connectivity index (χ0) is 20.4. The topological polar surface area (TPSA) is 75.7 Å². The van der Waals surface area contributed by atoms with Crippen LogP contribution in [0.2, 0.25) is 0 Å². The Hall–Kier alpha value is -3.41. The van der Waals surface area contributed by atoms with Crippen LogP contribution in [-0.2, 0) is 14.4 Å². The van der Waals surface area contributed by atoms with E-state index in [1.54, 1.807) is 31.2 Å². The first-order chi connectivity index (χ1) is 14.0. The Labute approximate surface area is 169 Å². The van der Waals surface area contributed by atoms with Gasteiger partial charge in [-0.15, -0.1) is 0 Å². The lowest BCUT2D eigenvalue weighted by Crippen LogP contribution is -2.46. The number of allylic oxidation sites excluding steroid dienone is 2. The van der Waals surface area contributed by atoms with Crippen molar-refractivity contribution in [2.75, 3.05) is 5.32 Å². The fourth-order valence-corrected chi connectivity index (χ4v) is 3.80. The number of carbonyl (C=O) groups is 3. The summed E-state index contributed by atoms with van der Waals surface area (Å²) in [4.78, 5) is 39.1. The number of anilines is 1. The summed E-state index contributed by atoms with van der Waals surface area (Å²) in [7, 11) is 0. The van der Waals surface area contributed by atoms with Crippen LogP contribution in [0.15, 0.2) is 66.7 Å². The highest BCUT2D eigenvalue weighted by Crippen LogP contribution is 2.36. The van der Waals surface area contributed by atoms with Gasteiger partial charge in [0, 0.05) is 5.69 Å². The van der Waals surface area contributed by atoms with E-state index in [2.05, 4.69) is 5.32 Å². The second-order valence-electron chi connectivity index (χ2n) is 7.31. The molecular weight excluding hydrogens is 368 g/mol. The normalized spacial score (nSPS) is 21.6. The summed E-state index contributed by atoms with van der Waals surface area (Å²) in [5, 5.41) is 2.78. The first-order valence-corrected chi connectivity index (χ1v) is 9.70. The monoisotopic (exact) mass is 390 g/mol. The molecular formula is C23H22N2O4. The molecule has 1 fully saturated rings. The zero-order valence-electron chi connectivity index (χ0n) is 16.1. The summed E-state index contributed by atoms with van der Waals surface area (Å²) >= 11 is 0. The number of fused-ring (bicyclic) bond motifs is 1. The number of nitrogens with zero attached hydrogens (tertiary/aromatic N) is 1. The van der Waals surface area contributed by atoms with E-state index in [1.165, 1.54) is 0 Å². The Morgan fingerprint density at radius 3 is 2.07 bits per heavy atom. The maximum atomic E-state index is 12.7. The predicted octanol–water partition coefficient (Wildman–Crippen LogP) is 3.76. The van der Waals surface area contributed by atoms with Crippen LogP contribution in [0.3, 0.4) is 0 Å². The quantitative estimate of drug-likeness (QED) is 0.623. The summed E-state index contributed by atoms with van der Waals surface area (Å²) in [6.45, 7) is 1.59. The first-order valence-electron chi connectivity index (χ1n) is 9.70. The van der Waals surface area contributed by atoms with E-state index >= 15 is 0 Å². The predicted molar refractivity (Wildman–Crippen MR) is 108 cm³/mol. The van der Waals surface area contributed by atoms with Gasteiger partial charge in [0.1, 0.15) is 17.5 Å². The Morgan fingerprint density at radius 1 is 0.931 bits per heavy atom. The number of carbonyl (C=O) groups excluding carboxylic acids is 3. The summed E-state index contributed by atoms with van der Waals surface area (Å²) in [6.07, 6.45) is 4.98. The minimum atomic E-state index is -0.860. The lowest BCUT2D eigenvalue weighted by molar-refractivity contribution is -0.146. The molecule has 0 saturated carbocycles. The van der Waals surface area contributed by atoms with Gasteiger partial charge in [0.05, 0.1) is 11.8 Å². The third-order valence-corrected chi connectivity index (χ3v) is 5.41. The van der Waals surface area contributed by atoms with Crippen LogP contribution in [-0.4, -0.2) is 28.7 Å². The Bertz CT molecular complexity index is 927.